The van der Waals surface area contributed by atoms with E-state index < -0.39 is 5.97 Å². The second-order valence-electron chi connectivity index (χ2n) is 5.14. The van der Waals surface area contributed by atoms with Crippen LogP contribution in [0.1, 0.15) is 39.2 Å². The van der Waals surface area contributed by atoms with Crippen molar-refractivity contribution in [2.24, 2.45) is 5.92 Å². The molecular formula is C17H24FNO2. The number of carbonyl (C=O) groups is 1. The first-order valence-corrected chi connectivity index (χ1v) is 7.46. The second kappa shape index (κ2) is 8.45. The van der Waals surface area contributed by atoms with Crippen LogP contribution in [0.25, 0.3) is 6.08 Å². The summed E-state index contributed by atoms with van der Waals surface area (Å²) < 4.78 is 13.7. The van der Waals surface area contributed by atoms with E-state index in [0.29, 0.717) is 11.5 Å². The lowest BCUT2D eigenvalue weighted by molar-refractivity contribution is -0.131. The Hall–Kier alpha value is -1.84. The molecule has 1 aromatic rings. The van der Waals surface area contributed by atoms with Gasteiger partial charge >= 0.3 is 5.97 Å². The maximum absolute atomic E-state index is 13.7. The number of hydrogen-bond acceptors (Lipinski definition) is 2. The molecule has 0 unspecified atom stereocenters. The minimum atomic E-state index is -1.04. The van der Waals surface area contributed by atoms with Crippen molar-refractivity contribution in [1.29, 1.82) is 0 Å². The summed E-state index contributed by atoms with van der Waals surface area (Å²) in [6.07, 6.45) is 4.62. The fourth-order valence-electron chi connectivity index (χ4n) is 2.32. The molecule has 0 radical (unpaired) electrons. The zero-order valence-electron chi connectivity index (χ0n) is 13.0. The van der Waals surface area contributed by atoms with Gasteiger partial charge in [-0.05, 0) is 42.7 Å². The van der Waals surface area contributed by atoms with Crippen LogP contribution in [0.2, 0.25) is 0 Å². The zero-order valence-corrected chi connectivity index (χ0v) is 13.0. The Kier molecular flexibility index (Phi) is 6.92. The molecule has 0 fully saturated rings. The number of hydrogen-bond donors (Lipinski definition) is 1. The Morgan fingerprint density at radius 1 is 1.29 bits per heavy atom. The molecule has 0 aliphatic rings. The highest BCUT2D eigenvalue weighted by Gasteiger charge is 2.12. The summed E-state index contributed by atoms with van der Waals surface area (Å²) in [6, 6.07) is 4.67. The molecule has 1 aromatic carbocycles. The van der Waals surface area contributed by atoms with E-state index in [4.69, 9.17) is 5.11 Å². The molecule has 0 spiro atoms. The van der Waals surface area contributed by atoms with Crippen LogP contribution < -0.4 is 4.90 Å². The van der Waals surface area contributed by atoms with Crippen LogP contribution in [-0.4, -0.2) is 24.2 Å². The van der Waals surface area contributed by atoms with E-state index in [1.807, 2.05) is 13.0 Å². The number of benzene rings is 1. The number of rotatable bonds is 8. The molecule has 1 N–H and O–H groups in total. The second-order valence-corrected chi connectivity index (χ2v) is 5.14. The molecule has 0 aliphatic carbocycles. The van der Waals surface area contributed by atoms with Crippen LogP contribution in [0.4, 0.5) is 10.1 Å². The van der Waals surface area contributed by atoms with Gasteiger partial charge in [-0.15, -0.1) is 0 Å². The summed E-state index contributed by atoms with van der Waals surface area (Å²) in [5, 5.41) is 8.66. The maximum Gasteiger partial charge on any atom is 0.328 e. The summed E-state index contributed by atoms with van der Waals surface area (Å²) in [7, 11) is 0. The fraction of sp³-hybridized carbons (Fsp3) is 0.471. The van der Waals surface area contributed by atoms with Crippen LogP contribution in [0.3, 0.4) is 0 Å². The highest BCUT2D eigenvalue weighted by atomic mass is 19.1. The fourth-order valence-corrected chi connectivity index (χ4v) is 2.32. The van der Waals surface area contributed by atoms with Crippen molar-refractivity contribution in [3.63, 3.8) is 0 Å². The lowest BCUT2D eigenvalue weighted by Gasteiger charge is -2.27. The smallest absolute Gasteiger partial charge is 0.328 e. The Morgan fingerprint density at radius 3 is 2.48 bits per heavy atom. The SMILES string of the molecule is CCC(CC)CN(CC)c1cc(F)cc(/C=C/C(=O)O)c1. The Balaban J connectivity index is 3.01. The van der Waals surface area contributed by atoms with Crippen molar-refractivity contribution in [3.05, 3.63) is 35.7 Å². The van der Waals surface area contributed by atoms with Crippen molar-refractivity contribution in [2.75, 3.05) is 18.0 Å². The van der Waals surface area contributed by atoms with E-state index >= 15 is 0 Å². The first-order valence-electron chi connectivity index (χ1n) is 7.46. The van der Waals surface area contributed by atoms with E-state index in [1.54, 1.807) is 0 Å². The average molecular weight is 293 g/mol. The summed E-state index contributed by atoms with van der Waals surface area (Å²) >= 11 is 0. The van der Waals surface area contributed by atoms with E-state index in [-0.39, 0.29) is 5.82 Å². The van der Waals surface area contributed by atoms with E-state index in [1.165, 1.54) is 18.2 Å². The molecule has 0 aromatic heterocycles. The highest BCUT2D eigenvalue weighted by Crippen LogP contribution is 2.22. The Morgan fingerprint density at radius 2 is 1.95 bits per heavy atom. The molecular weight excluding hydrogens is 269 g/mol. The predicted octanol–water partition coefficient (Wildman–Crippen LogP) is 4.19. The third-order valence-corrected chi connectivity index (χ3v) is 3.70. The third-order valence-electron chi connectivity index (χ3n) is 3.70. The lowest BCUT2D eigenvalue weighted by atomic mass is 10.0. The number of carboxylic acid groups (broad SMARTS) is 1. The highest BCUT2D eigenvalue weighted by molar-refractivity contribution is 5.85. The number of nitrogens with zero attached hydrogens (tertiary/aromatic N) is 1. The molecule has 0 amide bonds. The van der Waals surface area contributed by atoms with Gasteiger partial charge < -0.3 is 10.0 Å². The standard InChI is InChI=1S/C17H24FNO2/c1-4-13(5-2)12-19(6-3)16-10-14(7-8-17(20)21)9-15(18)11-16/h7-11,13H,4-6,12H2,1-3H3,(H,20,21)/b8-7+. The minimum Gasteiger partial charge on any atom is -0.478 e. The molecule has 0 heterocycles. The van der Waals surface area contributed by atoms with Crippen LogP contribution in [0, 0.1) is 11.7 Å². The quantitative estimate of drug-likeness (QED) is 0.731. The van der Waals surface area contributed by atoms with Gasteiger partial charge in [0, 0.05) is 24.9 Å². The van der Waals surface area contributed by atoms with Gasteiger partial charge in [0.05, 0.1) is 0 Å². The van der Waals surface area contributed by atoms with Crippen molar-refractivity contribution in [1.82, 2.24) is 0 Å². The van der Waals surface area contributed by atoms with Gasteiger partial charge in [-0.25, -0.2) is 9.18 Å². The Labute approximate surface area is 126 Å². The molecule has 0 saturated carbocycles. The molecule has 21 heavy (non-hydrogen) atoms. The number of aliphatic carboxylic acids is 1. The molecule has 0 aliphatic heterocycles. The molecule has 0 saturated heterocycles. The van der Waals surface area contributed by atoms with Gasteiger partial charge in [-0.2, -0.15) is 0 Å². The summed E-state index contributed by atoms with van der Waals surface area (Å²) in [4.78, 5) is 12.7. The van der Waals surface area contributed by atoms with Gasteiger partial charge in [0.25, 0.3) is 0 Å². The van der Waals surface area contributed by atoms with Crippen LogP contribution in [-0.2, 0) is 4.79 Å². The first-order chi connectivity index (χ1) is 9.99. The summed E-state index contributed by atoms with van der Waals surface area (Å²) in [5.74, 6) is -0.808. The summed E-state index contributed by atoms with van der Waals surface area (Å²) in [6.45, 7) is 8.04. The van der Waals surface area contributed by atoms with Crippen LogP contribution >= 0.6 is 0 Å². The van der Waals surface area contributed by atoms with E-state index in [2.05, 4.69) is 18.7 Å². The predicted molar refractivity (Wildman–Crippen MR) is 85.0 cm³/mol. The van der Waals surface area contributed by atoms with Crippen molar-refractivity contribution in [3.8, 4) is 0 Å². The number of carboxylic acids is 1. The van der Waals surface area contributed by atoms with Gasteiger partial charge in [-0.1, -0.05) is 26.7 Å². The lowest BCUT2D eigenvalue weighted by Crippen LogP contribution is -2.29. The van der Waals surface area contributed by atoms with E-state index in [0.717, 1.165) is 37.7 Å². The van der Waals surface area contributed by atoms with Gasteiger partial charge in [-0.3, -0.25) is 0 Å². The number of anilines is 1. The van der Waals surface area contributed by atoms with Gasteiger partial charge in [0.1, 0.15) is 5.82 Å². The Bertz CT molecular complexity index is 496. The largest absolute Gasteiger partial charge is 0.478 e. The monoisotopic (exact) mass is 293 g/mol. The summed E-state index contributed by atoms with van der Waals surface area (Å²) in [5.41, 5.74) is 1.37. The van der Waals surface area contributed by atoms with Gasteiger partial charge in [0.15, 0.2) is 0 Å². The van der Waals surface area contributed by atoms with Crippen molar-refractivity contribution in [2.45, 2.75) is 33.6 Å². The normalized spacial score (nSPS) is 11.3. The molecule has 0 atom stereocenters. The molecule has 4 heteroatoms. The first kappa shape index (κ1) is 17.2. The molecule has 1 rings (SSSR count). The van der Waals surface area contributed by atoms with Crippen LogP contribution in [0.15, 0.2) is 24.3 Å². The number of halogens is 1. The van der Waals surface area contributed by atoms with Crippen molar-refractivity contribution < 1.29 is 14.3 Å². The molecule has 116 valence electrons. The molecule has 3 nitrogen and oxygen atoms in total. The minimum absolute atomic E-state index is 0.347. The third kappa shape index (κ3) is 5.58. The van der Waals surface area contributed by atoms with Gasteiger partial charge in [0.2, 0.25) is 0 Å². The zero-order chi connectivity index (χ0) is 15.8. The maximum atomic E-state index is 13.7. The van der Waals surface area contributed by atoms with E-state index in [9.17, 15) is 9.18 Å². The topological polar surface area (TPSA) is 40.5 Å². The average Bonchev–Trinajstić information content (AvgIpc) is 2.46. The molecule has 0 bridgehead atoms. The van der Waals surface area contributed by atoms with Crippen LogP contribution in [0.5, 0.6) is 0 Å². The van der Waals surface area contributed by atoms with Crippen molar-refractivity contribution >= 4 is 17.7 Å².